The molecule has 0 fully saturated rings. The third-order valence-corrected chi connectivity index (χ3v) is 3.93. The van der Waals surface area contributed by atoms with Gasteiger partial charge in [-0.25, -0.2) is 14.4 Å². The van der Waals surface area contributed by atoms with Gasteiger partial charge in [0, 0.05) is 24.2 Å². The monoisotopic (exact) mass is 389 g/mol. The molecule has 0 saturated carbocycles. The molecule has 10 heteroatoms. The summed E-state index contributed by atoms with van der Waals surface area (Å²) in [6, 6.07) is 7.56. The van der Waals surface area contributed by atoms with Crippen molar-refractivity contribution in [3.05, 3.63) is 66.4 Å². The van der Waals surface area contributed by atoms with E-state index < -0.39 is 18.4 Å². The molecule has 4 aromatic rings. The Morgan fingerprint density at radius 3 is 2.43 bits per heavy atom. The highest BCUT2D eigenvalue weighted by Gasteiger charge is 2.30. The van der Waals surface area contributed by atoms with Crippen LogP contribution >= 0.6 is 0 Å². The fourth-order valence-electron chi connectivity index (χ4n) is 2.60. The zero-order valence-electron chi connectivity index (χ0n) is 14.1. The van der Waals surface area contributed by atoms with Crippen LogP contribution in [0.5, 0.6) is 11.6 Å². The van der Waals surface area contributed by atoms with Gasteiger partial charge in [-0.3, -0.25) is 4.40 Å². The Balaban J connectivity index is 1.67. The third-order valence-electron chi connectivity index (χ3n) is 3.93. The van der Waals surface area contributed by atoms with E-state index in [0.29, 0.717) is 16.9 Å². The lowest BCUT2D eigenvalue weighted by Gasteiger charge is -2.11. The number of alkyl halides is 4. The van der Waals surface area contributed by atoms with Crippen LogP contribution in [0.3, 0.4) is 0 Å². The Morgan fingerprint density at radius 1 is 0.964 bits per heavy atom. The van der Waals surface area contributed by atoms with Gasteiger partial charge in [-0.2, -0.15) is 13.2 Å². The fourth-order valence-corrected chi connectivity index (χ4v) is 2.60. The predicted octanol–water partition coefficient (Wildman–Crippen LogP) is 4.47. The van der Waals surface area contributed by atoms with Gasteiger partial charge in [0.15, 0.2) is 11.5 Å². The Morgan fingerprint density at radius 2 is 1.71 bits per heavy atom. The van der Waals surface area contributed by atoms with Crippen LogP contribution in [0.4, 0.5) is 17.6 Å². The first-order valence-electron chi connectivity index (χ1n) is 8.02. The van der Waals surface area contributed by atoms with Gasteiger partial charge in [0.1, 0.15) is 18.1 Å². The highest BCUT2D eigenvalue weighted by molar-refractivity contribution is 5.68. The van der Waals surface area contributed by atoms with Gasteiger partial charge in [-0.1, -0.05) is 0 Å². The first-order valence-corrected chi connectivity index (χ1v) is 8.02. The first kappa shape index (κ1) is 17.8. The van der Waals surface area contributed by atoms with E-state index in [1.54, 1.807) is 18.3 Å². The minimum Gasteiger partial charge on any atom is -0.437 e. The zero-order chi connectivity index (χ0) is 19.7. The average molecular weight is 389 g/mol. The van der Waals surface area contributed by atoms with Crippen molar-refractivity contribution in [3.63, 3.8) is 0 Å². The summed E-state index contributed by atoms with van der Waals surface area (Å²) >= 11 is 0. The number of rotatable bonds is 4. The van der Waals surface area contributed by atoms with Crippen LogP contribution < -0.4 is 4.74 Å². The summed E-state index contributed by atoms with van der Waals surface area (Å²) in [5.74, 6) is 0.455. The Labute approximate surface area is 155 Å². The number of pyridine rings is 1. The van der Waals surface area contributed by atoms with Gasteiger partial charge >= 0.3 is 6.18 Å². The number of ether oxygens (including phenoxy) is 1. The maximum atomic E-state index is 12.9. The topological polar surface area (TPSA) is 65.2 Å². The second-order valence-electron chi connectivity index (χ2n) is 5.73. The van der Waals surface area contributed by atoms with Crippen molar-refractivity contribution in [2.75, 3.05) is 0 Å². The van der Waals surface area contributed by atoms with Crippen LogP contribution in [0.1, 0.15) is 11.4 Å². The average Bonchev–Trinajstić information content (AvgIpc) is 3.10. The Kier molecular flexibility index (Phi) is 4.38. The van der Waals surface area contributed by atoms with E-state index in [-0.39, 0.29) is 17.5 Å². The summed E-state index contributed by atoms with van der Waals surface area (Å²) in [5.41, 5.74) is 0.575. The van der Waals surface area contributed by atoms with Crippen LogP contribution in [-0.4, -0.2) is 24.6 Å². The molecule has 3 heterocycles. The number of nitrogens with zero attached hydrogens (tertiary/aromatic N) is 5. The number of aromatic nitrogens is 5. The van der Waals surface area contributed by atoms with Crippen molar-refractivity contribution in [1.82, 2.24) is 24.6 Å². The summed E-state index contributed by atoms with van der Waals surface area (Å²) in [7, 11) is 0. The van der Waals surface area contributed by atoms with Gasteiger partial charge in [-0.15, -0.1) is 10.2 Å². The van der Waals surface area contributed by atoms with E-state index >= 15 is 0 Å². The van der Waals surface area contributed by atoms with Crippen LogP contribution in [0.15, 0.2) is 55.0 Å². The quantitative estimate of drug-likeness (QED) is 0.482. The van der Waals surface area contributed by atoms with E-state index in [0.717, 1.165) is 12.1 Å². The van der Waals surface area contributed by atoms with Gasteiger partial charge in [-0.05, 0) is 36.4 Å². The van der Waals surface area contributed by atoms with Gasteiger partial charge < -0.3 is 4.74 Å². The molecule has 3 aromatic heterocycles. The highest BCUT2D eigenvalue weighted by Crippen LogP contribution is 2.33. The smallest absolute Gasteiger partial charge is 0.416 e. The largest absolute Gasteiger partial charge is 0.437 e. The molecule has 0 atom stereocenters. The molecule has 0 unspecified atom stereocenters. The van der Waals surface area contributed by atoms with E-state index in [1.165, 1.54) is 28.9 Å². The molecular formula is C18H11F4N5O. The first-order chi connectivity index (χ1) is 13.5. The molecule has 0 spiro atoms. The standard InChI is InChI=1S/C18H11F4N5O/c19-10-15-26-25-14-9-11(5-8-27(14)15)16-17(24-7-6-23-16)28-13-3-1-12(2-4-13)18(20,21)22/h1-9H,10H2. The molecule has 142 valence electrons. The van der Waals surface area contributed by atoms with Crippen LogP contribution in [0.2, 0.25) is 0 Å². The second kappa shape index (κ2) is 6.87. The van der Waals surface area contributed by atoms with E-state index in [9.17, 15) is 17.6 Å². The number of benzene rings is 1. The molecule has 0 aliphatic heterocycles. The van der Waals surface area contributed by atoms with Crippen molar-refractivity contribution >= 4 is 5.65 Å². The van der Waals surface area contributed by atoms with E-state index in [4.69, 9.17) is 4.74 Å². The lowest BCUT2D eigenvalue weighted by Crippen LogP contribution is -2.04. The van der Waals surface area contributed by atoms with Crippen molar-refractivity contribution in [1.29, 1.82) is 0 Å². The molecule has 0 N–H and O–H groups in total. The normalized spacial score (nSPS) is 11.7. The number of halogens is 4. The molecule has 0 radical (unpaired) electrons. The Bertz CT molecular complexity index is 1120. The van der Waals surface area contributed by atoms with Gasteiger partial charge in [0.05, 0.1) is 5.56 Å². The molecule has 0 saturated heterocycles. The predicted molar refractivity (Wildman–Crippen MR) is 90.3 cm³/mol. The van der Waals surface area contributed by atoms with Crippen molar-refractivity contribution in [2.24, 2.45) is 0 Å². The summed E-state index contributed by atoms with van der Waals surface area (Å²) in [5, 5.41) is 7.64. The van der Waals surface area contributed by atoms with Crippen LogP contribution in [-0.2, 0) is 12.9 Å². The summed E-state index contributed by atoms with van der Waals surface area (Å²) in [4.78, 5) is 8.35. The van der Waals surface area contributed by atoms with Gasteiger partial charge in [0.25, 0.3) is 0 Å². The molecular weight excluding hydrogens is 378 g/mol. The zero-order valence-corrected chi connectivity index (χ0v) is 14.1. The number of fused-ring (bicyclic) bond motifs is 1. The molecule has 6 nitrogen and oxygen atoms in total. The SMILES string of the molecule is FCc1nnc2cc(-c3nccnc3Oc3ccc(C(F)(F)F)cc3)ccn12. The maximum Gasteiger partial charge on any atom is 0.416 e. The molecule has 1 aromatic carbocycles. The lowest BCUT2D eigenvalue weighted by atomic mass is 10.2. The molecule has 0 bridgehead atoms. The summed E-state index contributed by atoms with van der Waals surface area (Å²) < 4.78 is 58.1. The molecule has 0 aliphatic rings. The molecule has 28 heavy (non-hydrogen) atoms. The lowest BCUT2D eigenvalue weighted by molar-refractivity contribution is -0.137. The minimum absolute atomic E-state index is 0.108. The van der Waals surface area contributed by atoms with E-state index in [2.05, 4.69) is 20.2 Å². The van der Waals surface area contributed by atoms with Crippen molar-refractivity contribution in [3.8, 4) is 22.9 Å². The second-order valence-corrected chi connectivity index (χ2v) is 5.73. The van der Waals surface area contributed by atoms with Crippen molar-refractivity contribution < 1.29 is 22.3 Å². The van der Waals surface area contributed by atoms with E-state index in [1.807, 2.05) is 0 Å². The maximum absolute atomic E-state index is 12.9. The fraction of sp³-hybridized carbons (Fsp3) is 0.111. The van der Waals surface area contributed by atoms with Gasteiger partial charge in [0.2, 0.25) is 5.88 Å². The summed E-state index contributed by atoms with van der Waals surface area (Å²) in [6.45, 7) is -0.756. The minimum atomic E-state index is -4.43. The van der Waals surface area contributed by atoms with Crippen LogP contribution in [0, 0.1) is 0 Å². The molecule has 0 amide bonds. The number of hydrogen-bond donors (Lipinski definition) is 0. The molecule has 4 rings (SSSR count). The highest BCUT2D eigenvalue weighted by atomic mass is 19.4. The Hall–Kier alpha value is -3.56. The summed E-state index contributed by atoms with van der Waals surface area (Å²) in [6.07, 6.45) is 0.0220. The molecule has 0 aliphatic carbocycles. The van der Waals surface area contributed by atoms with Crippen molar-refractivity contribution in [2.45, 2.75) is 12.9 Å². The third kappa shape index (κ3) is 3.36. The van der Waals surface area contributed by atoms with Crippen LogP contribution in [0.25, 0.3) is 16.9 Å². The number of hydrogen-bond acceptors (Lipinski definition) is 5.